The molecule has 0 aromatic rings. The van der Waals surface area contributed by atoms with Gasteiger partial charge < -0.3 is 20.4 Å². The topological polar surface area (TPSA) is 98.0 Å². The van der Waals surface area contributed by atoms with Gasteiger partial charge >= 0.3 is 5.97 Å². The van der Waals surface area contributed by atoms with Crippen molar-refractivity contribution in [3.63, 3.8) is 0 Å². The van der Waals surface area contributed by atoms with Crippen LogP contribution < -0.4 is 0 Å². The molecule has 6 atom stereocenters. The normalized spacial score (nSPS) is 32.8. The third kappa shape index (κ3) is 4.90. The molecule has 0 aromatic heterocycles. The maximum Gasteiger partial charge on any atom is 0.305 e. The van der Waals surface area contributed by atoms with Gasteiger partial charge in [0.15, 0.2) is 0 Å². The van der Waals surface area contributed by atoms with Crippen molar-refractivity contribution in [1.29, 1.82) is 0 Å². The van der Waals surface area contributed by atoms with Crippen molar-refractivity contribution in [2.24, 2.45) is 17.8 Å². The second-order valence-corrected chi connectivity index (χ2v) is 6.98. The molecule has 0 bridgehead atoms. The number of hydrogen-bond acceptors (Lipinski definition) is 4. The van der Waals surface area contributed by atoms with Crippen LogP contribution in [-0.2, 0) is 4.79 Å². The number of aliphatic hydroxyl groups excluding tert-OH is 3. The van der Waals surface area contributed by atoms with Crippen LogP contribution in [0.4, 0.5) is 0 Å². The van der Waals surface area contributed by atoms with Crippen LogP contribution in [0.1, 0.15) is 45.4 Å². The second kappa shape index (κ2) is 8.08. The molecule has 5 heteroatoms. The standard InChI is InChI=1S/C18H28O5/c1-11-5-6-12-3-2-4-16(21)18(12)15(11)8-7-13(19)9-14(20)10-17(22)23/h3,5-6,11,13-16,18-21H,2,4,7-10H2,1H3,(H,22,23)/t11-,13-,14-,15+,16+,18-/m0/s1. The Morgan fingerprint density at radius 3 is 2.78 bits per heavy atom. The average Bonchev–Trinajstić information content (AvgIpc) is 2.45. The van der Waals surface area contributed by atoms with Gasteiger partial charge in [-0.25, -0.2) is 0 Å². The molecule has 0 amide bonds. The van der Waals surface area contributed by atoms with Crippen LogP contribution in [0.5, 0.6) is 0 Å². The van der Waals surface area contributed by atoms with Gasteiger partial charge in [-0.05, 0) is 49.5 Å². The molecule has 0 aliphatic heterocycles. The summed E-state index contributed by atoms with van der Waals surface area (Å²) in [4.78, 5) is 10.5. The van der Waals surface area contributed by atoms with E-state index in [0.717, 1.165) is 19.3 Å². The van der Waals surface area contributed by atoms with Crippen LogP contribution in [0.2, 0.25) is 0 Å². The first-order valence-electron chi connectivity index (χ1n) is 8.52. The van der Waals surface area contributed by atoms with Crippen LogP contribution in [0.3, 0.4) is 0 Å². The summed E-state index contributed by atoms with van der Waals surface area (Å²) in [6.45, 7) is 2.13. The Morgan fingerprint density at radius 2 is 2.09 bits per heavy atom. The van der Waals surface area contributed by atoms with Crippen molar-refractivity contribution in [3.05, 3.63) is 23.8 Å². The smallest absolute Gasteiger partial charge is 0.305 e. The van der Waals surface area contributed by atoms with E-state index in [1.54, 1.807) is 0 Å². The molecule has 0 saturated carbocycles. The van der Waals surface area contributed by atoms with E-state index in [2.05, 4.69) is 25.2 Å². The summed E-state index contributed by atoms with van der Waals surface area (Å²) >= 11 is 0. The van der Waals surface area contributed by atoms with E-state index in [1.807, 2.05) is 0 Å². The minimum Gasteiger partial charge on any atom is -0.481 e. The molecule has 0 heterocycles. The lowest BCUT2D eigenvalue weighted by Crippen LogP contribution is -2.37. The molecule has 5 nitrogen and oxygen atoms in total. The fraction of sp³-hybridized carbons (Fsp3) is 0.722. The minimum absolute atomic E-state index is 0.0825. The molecule has 23 heavy (non-hydrogen) atoms. The summed E-state index contributed by atoms with van der Waals surface area (Å²) in [7, 11) is 0. The Kier molecular flexibility index (Phi) is 6.39. The van der Waals surface area contributed by atoms with Gasteiger partial charge in [0.1, 0.15) is 0 Å². The van der Waals surface area contributed by atoms with Crippen molar-refractivity contribution < 1.29 is 25.2 Å². The van der Waals surface area contributed by atoms with Crippen LogP contribution in [0.25, 0.3) is 0 Å². The predicted molar refractivity (Wildman–Crippen MR) is 86.7 cm³/mol. The van der Waals surface area contributed by atoms with E-state index < -0.39 is 18.2 Å². The zero-order chi connectivity index (χ0) is 17.0. The van der Waals surface area contributed by atoms with Gasteiger partial charge in [-0.15, -0.1) is 0 Å². The lowest BCUT2D eigenvalue weighted by Gasteiger charge is -2.40. The molecule has 0 aromatic carbocycles. The number of allylic oxidation sites excluding steroid dienone is 3. The second-order valence-electron chi connectivity index (χ2n) is 6.98. The summed E-state index contributed by atoms with van der Waals surface area (Å²) < 4.78 is 0. The van der Waals surface area contributed by atoms with E-state index >= 15 is 0 Å². The van der Waals surface area contributed by atoms with Crippen molar-refractivity contribution >= 4 is 5.97 Å². The maximum atomic E-state index is 10.5. The average molecular weight is 324 g/mol. The Balaban J connectivity index is 1.90. The summed E-state index contributed by atoms with van der Waals surface area (Å²) in [6.07, 6.45) is 7.11. The third-order valence-electron chi connectivity index (χ3n) is 5.16. The highest BCUT2D eigenvalue weighted by atomic mass is 16.4. The third-order valence-corrected chi connectivity index (χ3v) is 5.16. The SMILES string of the molecule is C[C@H]1C=CC2=CCC[C@@H](O)[C@@H]2[C@@H]1CC[C@H](O)C[C@H](O)CC(=O)O. The number of aliphatic carboxylic acids is 1. The van der Waals surface area contributed by atoms with E-state index in [-0.39, 0.29) is 30.8 Å². The first-order valence-corrected chi connectivity index (χ1v) is 8.52. The highest BCUT2D eigenvalue weighted by Gasteiger charge is 2.37. The van der Waals surface area contributed by atoms with Gasteiger partial charge in [0.25, 0.3) is 0 Å². The molecular formula is C18H28O5. The van der Waals surface area contributed by atoms with E-state index in [1.165, 1.54) is 5.57 Å². The molecule has 130 valence electrons. The first kappa shape index (κ1) is 18.2. The molecule has 0 spiro atoms. The fourth-order valence-electron chi connectivity index (χ4n) is 3.95. The van der Waals surface area contributed by atoms with Crippen LogP contribution in [0, 0.1) is 17.8 Å². The molecular weight excluding hydrogens is 296 g/mol. The van der Waals surface area contributed by atoms with Gasteiger partial charge in [-0.2, -0.15) is 0 Å². The number of rotatable bonds is 7. The Hall–Kier alpha value is -1.17. The van der Waals surface area contributed by atoms with E-state index in [4.69, 9.17) is 5.11 Å². The molecule has 0 radical (unpaired) electrons. The lowest BCUT2D eigenvalue weighted by atomic mass is 9.66. The molecule has 2 aliphatic carbocycles. The monoisotopic (exact) mass is 324 g/mol. The van der Waals surface area contributed by atoms with Crippen molar-refractivity contribution in [2.75, 3.05) is 0 Å². The number of carbonyl (C=O) groups is 1. The molecule has 4 N–H and O–H groups in total. The molecule has 2 rings (SSSR count). The Morgan fingerprint density at radius 1 is 1.35 bits per heavy atom. The van der Waals surface area contributed by atoms with Gasteiger partial charge in [0, 0.05) is 5.92 Å². The first-order chi connectivity index (χ1) is 10.9. The Bertz CT molecular complexity index is 470. The van der Waals surface area contributed by atoms with Crippen LogP contribution in [0.15, 0.2) is 23.8 Å². The summed E-state index contributed by atoms with van der Waals surface area (Å²) in [5.41, 5.74) is 1.20. The van der Waals surface area contributed by atoms with Crippen molar-refractivity contribution in [2.45, 2.75) is 63.8 Å². The van der Waals surface area contributed by atoms with Crippen molar-refractivity contribution in [3.8, 4) is 0 Å². The van der Waals surface area contributed by atoms with Crippen LogP contribution >= 0.6 is 0 Å². The highest BCUT2D eigenvalue weighted by Crippen LogP contribution is 2.42. The highest BCUT2D eigenvalue weighted by molar-refractivity contribution is 5.67. The van der Waals surface area contributed by atoms with Gasteiger partial charge in [0.2, 0.25) is 0 Å². The summed E-state index contributed by atoms with van der Waals surface area (Å²) in [5.74, 6) is -0.329. The minimum atomic E-state index is -1.06. The molecule has 0 fully saturated rings. The summed E-state index contributed by atoms with van der Waals surface area (Å²) in [5, 5.41) is 38.7. The number of hydrogen-bond donors (Lipinski definition) is 4. The zero-order valence-corrected chi connectivity index (χ0v) is 13.6. The molecule has 0 unspecified atom stereocenters. The van der Waals surface area contributed by atoms with E-state index in [9.17, 15) is 20.1 Å². The lowest BCUT2D eigenvalue weighted by molar-refractivity contribution is -0.139. The largest absolute Gasteiger partial charge is 0.481 e. The zero-order valence-electron chi connectivity index (χ0n) is 13.6. The predicted octanol–water partition coefficient (Wildman–Crippen LogP) is 1.87. The quantitative estimate of drug-likeness (QED) is 0.573. The van der Waals surface area contributed by atoms with E-state index in [0.29, 0.717) is 12.3 Å². The van der Waals surface area contributed by atoms with Gasteiger partial charge in [-0.3, -0.25) is 4.79 Å². The fourth-order valence-corrected chi connectivity index (χ4v) is 3.95. The number of carboxylic acids is 1. The number of carboxylic acid groups (broad SMARTS) is 1. The summed E-state index contributed by atoms with van der Waals surface area (Å²) in [6, 6.07) is 0. The number of aliphatic hydroxyl groups is 3. The number of fused-ring (bicyclic) bond motifs is 1. The maximum absolute atomic E-state index is 10.5. The van der Waals surface area contributed by atoms with Gasteiger partial charge in [-0.1, -0.05) is 25.2 Å². The molecule has 2 aliphatic rings. The van der Waals surface area contributed by atoms with Crippen LogP contribution in [-0.4, -0.2) is 44.7 Å². The molecule has 0 saturated heterocycles. The Labute approximate surface area is 137 Å². The van der Waals surface area contributed by atoms with Crippen molar-refractivity contribution in [1.82, 2.24) is 0 Å². The van der Waals surface area contributed by atoms with Gasteiger partial charge in [0.05, 0.1) is 24.7 Å².